The van der Waals surface area contributed by atoms with Gasteiger partial charge < -0.3 is 14.9 Å². The highest BCUT2D eigenvalue weighted by Crippen LogP contribution is 2.30. The fraction of sp³-hybridized carbons (Fsp3) is 0.176. The van der Waals surface area contributed by atoms with Gasteiger partial charge in [-0.2, -0.15) is 0 Å². The first-order valence-corrected chi connectivity index (χ1v) is 6.47. The van der Waals surface area contributed by atoms with E-state index in [0.29, 0.717) is 12.2 Å². The summed E-state index contributed by atoms with van der Waals surface area (Å²) in [7, 11) is 1.49. The van der Waals surface area contributed by atoms with Crippen molar-refractivity contribution in [2.45, 2.75) is 12.5 Å². The summed E-state index contributed by atoms with van der Waals surface area (Å²) in [6.07, 6.45) is 3.78. The van der Waals surface area contributed by atoms with E-state index >= 15 is 0 Å². The van der Waals surface area contributed by atoms with E-state index in [0.717, 1.165) is 11.1 Å². The Morgan fingerprint density at radius 1 is 1.15 bits per heavy atom. The third-order valence-electron chi connectivity index (χ3n) is 3.06. The lowest BCUT2D eigenvalue weighted by Gasteiger charge is -2.11. The summed E-state index contributed by atoms with van der Waals surface area (Å²) < 4.78 is 5.03. The van der Waals surface area contributed by atoms with Crippen LogP contribution < -0.4 is 4.74 Å². The van der Waals surface area contributed by atoms with Crippen LogP contribution in [0, 0.1) is 0 Å². The Balaban J connectivity index is 2.01. The molecule has 0 aromatic heterocycles. The second kappa shape index (κ2) is 6.78. The molecule has 0 radical (unpaired) electrons. The van der Waals surface area contributed by atoms with Gasteiger partial charge in [0.05, 0.1) is 13.2 Å². The zero-order chi connectivity index (χ0) is 14.4. The van der Waals surface area contributed by atoms with Gasteiger partial charge in [0.1, 0.15) is 0 Å². The van der Waals surface area contributed by atoms with Gasteiger partial charge in [-0.1, -0.05) is 48.6 Å². The second-order valence-electron chi connectivity index (χ2n) is 4.50. The number of aromatic hydroxyl groups is 1. The predicted molar refractivity (Wildman–Crippen MR) is 79.7 cm³/mol. The van der Waals surface area contributed by atoms with Crippen molar-refractivity contribution in [3.63, 3.8) is 0 Å². The molecule has 2 aromatic rings. The maximum absolute atomic E-state index is 10.1. The zero-order valence-electron chi connectivity index (χ0n) is 11.4. The fourth-order valence-corrected chi connectivity index (χ4v) is 1.93. The molecule has 0 saturated heterocycles. The van der Waals surface area contributed by atoms with Crippen molar-refractivity contribution in [2.75, 3.05) is 7.11 Å². The monoisotopic (exact) mass is 270 g/mol. The summed E-state index contributed by atoms with van der Waals surface area (Å²) in [5.74, 6) is 0.442. The summed E-state index contributed by atoms with van der Waals surface area (Å²) in [5, 5.41) is 19.6. The molecule has 0 bridgehead atoms. The quantitative estimate of drug-likeness (QED) is 0.873. The Morgan fingerprint density at radius 3 is 2.60 bits per heavy atom. The van der Waals surface area contributed by atoms with Crippen LogP contribution in [-0.2, 0) is 0 Å². The highest BCUT2D eigenvalue weighted by Gasteiger charge is 2.09. The van der Waals surface area contributed by atoms with E-state index in [9.17, 15) is 10.2 Å². The smallest absolute Gasteiger partial charge is 0.160 e. The highest BCUT2D eigenvalue weighted by molar-refractivity contribution is 5.49. The van der Waals surface area contributed by atoms with Crippen molar-refractivity contribution in [3.8, 4) is 11.5 Å². The minimum absolute atomic E-state index is 0.0725. The first-order valence-electron chi connectivity index (χ1n) is 6.47. The number of methoxy groups -OCH3 is 1. The van der Waals surface area contributed by atoms with Gasteiger partial charge in [-0.3, -0.25) is 0 Å². The number of phenolic OH excluding ortho intramolecular Hbond substituents is 1. The summed E-state index contributed by atoms with van der Waals surface area (Å²) >= 11 is 0. The molecule has 0 aliphatic carbocycles. The van der Waals surface area contributed by atoms with Crippen molar-refractivity contribution in [3.05, 3.63) is 65.7 Å². The molecule has 20 heavy (non-hydrogen) atoms. The molecule has 0 aliphatic heterocycles. The Labute approximate surface area is 118 Å². The molecule has 3 heteroatoms. The number of aliphatic hydroxyl groups excluding tert-OH is 1. The van der Waals surface area contributed by atoms with E-state index in [-0.39, 0.29) is 5.75 Å². The lowest BCUT2D eigenvalue weighted by molar-refractivity contribution is 0.181. The van der Waals surface area contributed by atoms with Gasteiger partial charge >= 0.3 is 0 Å². The average Bonchev–Trinajstić information content (AvgIpc) is 2.48. The molecule has 2 aromatic carbocycles. The lowest BCUT2D eigenvalue weighted by Crippen LogP contribution is -1.96. The summed E-state index contributed by atoms with van der Waals surface area (Å²) in [5.41, 5.74) is 1.82. The van der Waals surface area contributed by atoms with Crippen LogP contribution in [0.5, 0.6) is 11.5 Å². The van der Waals surface area contributed by atoms with E-state index in [1.54, 1.807) is 12.1 Å². The van der Waals surface area contributed by atoms with Gasteiger partial charge in [0.2, 0.25) is 0 Å². The third kappa shape index (κ3) is 3.62. The van der Waals surface area contributed by atoms with Gasteiger partial charge in [-0.15, -0.1) is 0 Å². The molecule has 104 valence electrons. The van der Waals surface area contributed by atoms with Crippen LogP contribution in [0.3, 0.4) is 0 Å². The maximum Gasteiger partial charge on any atom is 0.160 e. The number of phenols is 1. The molecule has 1 atom stereocenters. The standard InChI is InChI=1S/C17H18O3/c1-20-17-12-14(10-11-16(17)19)15(18)9-5-8-13-6-3-2-4-7-13/h2-8,10-12,15,18-19H,9H2,1H3/b8-5+. The number of ether oxygens (including phenoxy) is 1. The Morgan fingerprint density at radius 2 is 1.90 bits per heavy atom. The van der Waals surface area contributed by atoms with E-state index in [1.807, 2.05) is 42.5 Å². The second-order valence-corrected chi connectivity index (χ2v) is 4.50. The largest absolute Gasteiger partial charge is 0.504 e. The molecule has 3 nitrogen and oxygen atoms in total. The van der Waals surface area contributed by atoms with Crippen LogP contribution in [-0.4, -0.2) is 17.3 Å². The molecule has 0 fully saturated rings. The molecule has 0 aliphatic rings. The predicted octanol–water partition coefficient (Wildman–Crippen LogP) is 3.54. The number of benzene rings is 2. The molecule has 0 amide bonds. The van der Waals surface area contributed by atoms with Crippen molar-refractivity contribution in [1.29, 1.82) is 0 Å². The van der Waals surface area contributed by atoms with Crippen molar-refractivity contribution in [2.24, 2.45) is 0 Å². The molecular formula is C17H18O3. The molecule has 2 rings (SSSR count). The molecule has 0 heterocycles. The van der Waals surface area contributed by atoms with Gasteiger partial charge in [-0.05, 0) is 29.7 Å². The van der Waals surface area contributed by atoms with Crippen molar-refractivity contribution in [1.82, 2.24) is 0 Å². The van der Waals surface area contributed by atoms with E-state index < -0.39 is 6.10 Å². The van der Waals surface area contributed by atoms with Crippen LogP contribution in [0.25, 0.3) is 6.08 Å². The number of aliphatic hydroxyl groups is 1. The number of rotatable bonds is 5. The van der Waals surface area contributed by atoms with Crippen molar-refractivity contribution < 1.29 is 14.9 Å². The van der Waals surface area contributed by atoms with Crippen LogP contribution in [0.15, 0.2) is 54.6 Å². The highest BCUT2D eigenvalue weighted by atomic mass is 16.5. The Hall–Kier alpha value is -2.26. The van der Waals surface area contributed by atoms with Crippen LogP contribution in [0.1, 0.15) is 23.7 Å². The zero-order valence-corrected chi connectivity index (χ0v) is 11.4. The van der Waals surface area contributed by atoms with Crippen LogP contribution in [0.2, 0.25) is 0 Å². The molecule has 1 unspecified atom stereocenters. The van der Waals surface area contributed by atoms with Gasteiger partial charge in [-0.25, -0.2) is 0 Å². The van der Waals surface area contributed by atoms with E-state index in [4.69, 9.17) is 4.74 Å². The normalized spacial score (nSPS) is 12.5. The average molecular weight is 270 g/mol. The summed E-state index contributed by atoms with van der Waals surface area (Å²) in [6.45, 7) is 0. The molecule has 0 spiro atoms. The van der Waals surface area contributed by atoms with E-state index in [1.165, 1.54) is 13.2 Å². The minimum Gasteiger partial charge on any atom is -0.504 e. The first-order chi connectivity index (χ1) is 9.70. The third-order valence-corrected chi connectivity index (χ3v) is 3.06. The lowest BCUT2D eigenvalue weighted by atomic mass is 10.0. The summed E-state index contributed by atoms with van der Waals surface area (Å²) in [6, 6.07) is 14.8. The molecule has 2 N–H and O–H groups in total. The topological polar surface area (TPSA) is 49.7 Å². The SMILES string of the molecule is COc1cc(C(O)C/C=C/c2ccccc2)ccc1O. The van der Waals surface area contributed by atoms with E-state index in [2.05, 4.69) is 0 Å². The molecule has 0 saturated carbocycles. The number of hydrogen-bond acceptors (Lipinski definition) is 3. The van der Waals surface area contributed by atoms with Crippen LogP contribution >= 0.6 is 0 Å². The van der Waals surface area contributed by atoms with Crippen LogP contribution in [0.4, 0.5) is 0 Å². The van der Waals surface area contributed by atoms with Gasteiger partial charge in [0.25, 0.3) is 0 Å². The molecular weight excluding hydrogens is 252 g/mol. The summed E-state index contributed by atoms with van der Waals surface area (Å²) in [4.78, 5) is 0. The van der Waals surface area contributed by atoms with Gasteiger partial charge in [0.15, 0.2) is 11.5 Å². The fourth-order valence-electron chi connectivity index (χ4n) is 1.93. The van der Waals surface area contributed by atoms with Crippen molar-refractivity contribution >= 4 is 6.08 Å². The first kappa shape index (κ1) is 14.2. The number of hydrogen-bond donors (Lipinski definition) is 2. The van der Waals surface area contributed by atoms with Gasteiger partial charge in [0, 0.05) is 0 Å². The Bertz CT molecular complexity index is 576. The minimum atomic E-state index is -0.621. The maximum atomic E-state index is 10.1. The Kier molecular flexibility index (Phi) is 4.80.